The van der Waals surface area contributed by atoms with Crippen LogP contribution in [0.1, 0.15) is 17.0 Å². The molecule has 2 aromatic rings. The fraction of sp³-hybridized carbons (Fsp3) is 0.474. The first kappa shape index (κ1) is 22.1. The van der Waals surface area contributed by atoms with Gasteiger partial charge in [0.15, 0.2) is 9.84 Å². The van der Waals surface area contributed by atoms with E-state index in [4.69, 9.17) is 19.2 Å². The highest BCUT2D eigenvalue weighted by Gasteiger charge is 2.33. The molecule has 1 aromatic heterocycles. The predicted molar refractivity (Wildman–Crippen MR) is 103 cm³/mol. The summed E-state index contributed by atoms with van der Waals surface area (Å²) in [6.07, 6.45) is 2.19. The fourth-order valence-electron chi connectivity index (χ4n) is 3.39. The number of aryl methyl sites for hydroxylation is 1. The molecule has 2 heterocycles. The summed E-state index contributed by atoms with van der Waals surface area (Å²) in [6.45, 7) is 4.20. The molecule has 1 aliphatic heterocycles. The number of sulfone groups is 1. The lowest BCUT2D eigenvalue weighted by Gasteiger charge is -2.15. The second kappa shape index (κ2) is 9.81. The molecule has 0 radical (unpaired) electrons. The van der Waals surface area contributed by atoms with Crippen LogP contribution >= 0.6 is 0 Å². The number of hydrogen-bond donors (Lipinski definition) is 1. The van der Waals surface area contributed by atoms with Gasteiger partial charge in [-0.3, -0.25) is 9.69 Å². The van der Waals surface area contributed by atoms with Crippen molar-refractivity contribution in [2.24, 2.45) is 5.92 Å². The normalized spacial score (nSPS) is 19.8. The van der Waals surface area contributed by atoms with E-state index < -0.39 is 9.84 Å². The lowest BCUT2D eigenvalue weighted by Crippen LogP contribution is -2.23. The molecule has 1 aromatic carbocycles. The minimum atomic E-state index is -3.15. The van der Waals surface area contributed by atoms with E-state index in [-0.39, 0.29) is 12.6 Å². The average molecular weight is 410 g/mol. The van der Waals surface area contributed by atoms with Gasteiger partial charge < -0.3 is 14.4 Å². The van der Waals surface area contributed by atoms with Gasteiger partial charge in [0, 0.05) is 51.4 Å². The van der Waals surface area contributed by atoms with Gasteiger partial charge in [0.1, 0.15) is 5.76 Å². The Morgan fingerprint density at radius 3 is 2.46 bits per heavy atom. The number of nitrogens with zero attached hydrogens (tertiary/aromatic N) is 2. The number of aromatic nitrogens is 1. The van der Waals surface area contributed by atoms with Gasteiger partial charge in [0.25, 0.3) is 6.47 Å². The Kier molecular flexibility index (Phi) is 7.73. The van der Waals surface area contributed by atoms with Gasteiger partial charge in [-0.1, -0.05) is 17.3 Å². The van der Waals surface area contributed by atoms with Crippen molar-refractivity contribution in [3.8, 4) is 0 Å². The van der Waals surface area contributed by atoms with Gasteiger partial charge in [-0.25, -0.2) is 8.42 Å². The summed E-state index contributed by atoms with van der Waals surface area (Å²) in [7, 11) is -1.41. The number of rotatable bonds is 6. The highest BCUT2D eigenvalue weighted by Crippen LogP contribution is 2.25. The smallest absolute Gasteiger partial charge is 0.290 e. The van der Waals surface area contributed by atoms with Crippen LogP contribution in [-0.4, -0.2) is 62.6 Å². The van der Waals surface area contributed by atoms with Crippen LogP contribution in [0.25, 0.3) is 0 Å². The molecule has 0 spiro atoms. The molecule has 1 aliphatic rings. The molecule has 0 unspecified atom stereocenters. The third-order valence-electron chi connectivity index (χ3n) is 4.66. The Hall–Kier alpha value is -2.23. The predicted octanol–water partition coefficient (Wildman–Crippen LogP) is 1.78. The largest absolute Gasteiger partial charge is 0.483 e. The average Bonchev–Trinajstić information content (AvgIpc) is 3.21. The summed E-state index contributed by atoms with van der Waals surface area (Å²) >= 11 is 0. The molecular formula is C19H26N2O6S. The molecule has 3 rings (SSSR count). The Labute approximate surface area is 165 Å². The van der Waals surface area contributed by atoms with Crippen molar-refractivity contribution in [3.05, 3.63) is 47.3 Å². The maximum absolute atomic E-state index is 11.5. The minimum Gasteiger partial charge on any atom is -0.483 e. The number of benzene rings is 1. The molecule has 8 nitrogen and oxygen atoms in total. The van der Waals surface area contributed by atoms with Gasteiger partial charge in [0.2, 0.25) is 0 Å². The molecule has 0 saturated carbocycles. The zero-order valence-electron chi connectivity index (χ0n) is 16.2. The Morgan fingerprint density at radius 2 is 1.96 bits per heavy atom. The summed E-state index contributed by atoms with van der Waals surface area (Å²) in [5.41, 5.74) is 1.99. The van der Waals surface area contributed by atoms with E-state index in [1.165, 1.54) is 6.26 Å². The van der Waals surface area contributed by atoms with E-state index in [0.717, 1.165) is 43.1 Å². The molecule has 0 aliphatic carbocycles. The monoisotopic (exact) mass is 410 g/mol. The Morgan fingerprint density at radius 1 is 1.32 bits per heavy atom. The molecule has 154 valence electrons. The highest BCUT2D eigenvalue weighted by atomic mass is 32.2. The number of ether oxygens (including phenoxy) is 1. The van der Waals surface area contributed by atoms with E-state index in [2.05, 4.69) is 10.1 Å². The number of methoxy groups -OCH3 is 1. The Balaban J connectivity index is 0.000000878. The summed E-state index contributed by atoms with van der Waals surface area (Å²) in [6, 6.07) is 9.07. The van der Waals surface area contributed by atoms with Crippen molar-refractivity contribution in [2.75, 3.05) is 26.5 Å². The van der Waals surface area contributed by atoms with Crippen LogP contribution in [0.5, 0.6) is 0 Å². The standard InChI is InChI=1S/C18H24N2O4S.CH2O2/c1-13-8-16(24-19-13)9-15-11-20(12-18(15)23-2)10-14-4-6-17(7-5-14)25(3,21)22;2-1-3/h4-8,15,18H,9-12H2,1-3H3;1H,(H,2,3)/t15-,18+;/m1./s1. The maximum atomic E-state index is 11.5. The number of carbonyl (C=O) groups is 1. The number of hydrogen-bond acceptors (Lipinski definition) is 7. The quantitative estimate of drug-likeness (QED) is 0.718. The highest BCUT2D eigenvalue weighted by molar-refractivity contribution is 7.90. The first-order valence-corrected chi connectivity index (χ1v) is 10.7. The third kappa shape index (κ3) is 6.15. The van der Waals surface area contributed by atoms with Crippen LogP contribution in [0.2, 0.25) is 0 Å². The SMILES string of the molecule is CO[C@H]1CN(Cc2ccc(S(C)(=O)=O)cc2)C[C@H]1Cc1cc(C)no1.O=CO. The number of carboxylic acid groups (broad SMARTS) is 1. The second-order valence-corrected chi connectivity index (χ2v) is 8.90. The number of likely N-dealkylation sites (tertiary alicyclic amines) is 1. The van der Waals surface area contributed by atoms with Crippen molar-refractivity contribution < 1.29 is 27.6 Å². The summed E-state index contributed by atoms with van der Waals surface area (Å²) in [5.74, 6) is 1.25. The van der Waals surface area contributed by atoms with Crippen molar-refractivity contribution in [3.63, 3.8) is 0 Å². The van der Waals surface area contributed by atoms with Crippen LogP contribution in [0.15, 0.2) is 39.8 Å². The van der Waals surface area contributed by atoms with Crippen LogP contribution in [0, 0.1) is 12.8 Å². The maximum Gasteiger partial charge on any atom is 0.290 e. The molecule has 0 amide bonds. The molecule has 1 N–H and O–H groups in total. The van der Waals surface area contributed by atoms with E-state index in [0.29, 0.717) is 10.8 Å². The molecule has 28 heavy (non-hydrogen) atoms. The van der Waals surface area contributed by atoms with Crippen molar-refractivity contribution in [1.82, 2.24) is 10.1 Å². The summed E-state index contributed by atoms with van der Waals surface area (Å²) in [4.78, 5) is 11.0. The molecule has 1 saturated heterocycles. The minimum absolute atomic E-state index is 0.153. The zero-order chi connectivity index (χ0) is 20.7. The molecule has 9 heteroatoms. The molecule has 1 fully saturated rings. The van der Waals surface area contributed by atoms with Crippen LogP contribution in [0.4, 0.5) is 0 Å². The third-order valence-corrected chi connectivity index (χ3v) is 5.79. The second-order valence-electron chi connectivity index (χ2n) is 6.89. The first-order chi connectivity index (χ1) is 13.3. The van der Waals surface area contributed by atoms with Gasteiger partial charge in [-0.05, 0) is 24.6 Å². The van der Waals surface area contributed by atoms with Crippen LogP contribution in [-0.2, 0) is 32.3 Å². The molecular weight excluding hydrogens is 384 g/mol. The van der Waals surface area contributed by atoms with Gasteiger partial charge in [-0.2, -0.15) is 0 Å². The van der Waals surface area contributed by atoms with E-state index in [1.54, 1.807) is 19.2 Å². The summed E-state index contributed by atoms with van der Waals surface area (Å²) < 4.78 is 34.1. The topological polar surface area (TPSA) is 110 Å². The van der Waals surface area contributed by atoms with Crippen molar-refractivity contribution in [1.29, 1.82) is 0 Å². The van der Waals surface area contributed by atoms with Crippen LogP contribution < -0.4 is 0 Å². The van der Waals surface area contributed by atoms with Gasteiger partial charge in [-0.15, -0.1) is 0 Å². The lowest BCUT2D eigenvalue weighted by atomic mass is 10.0. The molecule has 0 bridgehead atoms. The van der Waals surface area contributed by atoms with E-state index in [9.17, 15) is 8.42 Å². The van der Waals surface area contributed by atoms with Crippen molar-refractivity contribution >= 4 is 16.3 Å². The Bertz CT molecular complexity index is 863. The van der Waals surface area contributed by atoms with E-state index >= 15 is 0 Å². The van der Waals surface area contributed by atoms with Gasteiger partial charge in [0.05, 0.1) is 16.7 Å². The summed E-state index contributed by atoms with van der Waals surface area (Å²) in [5, 5.41) is 10.8. The molecule has 2 atom stereocenters. The van der Waals surface area contributed by atoms with Crippen LogP contribution in [0.3, 0.4) is 0 Å². The van der Waals surface area contributed by atoms with Crippen molar-refractivity contribution in [2.45, 2.75) is 30.9 Å². The lowest BCUT2D eigenvalue weighted by molar-refractivity contribution is -0.122. The zero-order valence-corrected chi connectivity index (χ0v) is 17.1. The van der Waals surface area contributed by atoms with Gasteiger partial charge >= 0.3 is 0 Å². The fourth-order valence-corrected chi connectivity index (χ4v) is 4.02. The first-order valence-electron chi connectivity index (χ1n) is 8.81. The van der Waals surface area contributed by atoms with E-state index in [1.807, 2.05) is 25.1 Å².